The summed E-state index contributed by atoms with van der Waals surface area (Å²) in [5.74, 6) is 0.0330. The fourth-order valence-corrected chi connectivity index (χ4v) is 3.96. The summed E-state index contributed by atoms with van der Waals surface area (Å²) in [6.07, 6.45) is 0. The molecule has 2 aromatic rings. The molecule has 0 saturated carbocycles. The predicted octanol–water partition coefficient (Wildman–Crippen LogP) is 3.21. The SMILES string of the molecule is CC(C)CN(C(=O)CSc1ccccc1Cl)c1c(N)n(CC(C)C)c(=O)[nH]c1=O. The maximum Gasteiger partial charge on any atom is 0.330 e. The second-order valence-electron chi connectivity index (χ2n) is 7.61. The van der Waals surface area contributed by atoms with E-state index < -0.39 is 11.2 Å². The number of nitrogens with two attached hydrogens (primary N) is 1. The standard InChI is InChI=1S/C20H27ClN4O3S/c1-12(2)9-24(16(26)11-29-15-8-6-5-7-14(15)21)17-18(22)25(10-13(3)4)20(28)23-19(17)27/h5-8,12-13H,9-11,22H2,1-4H3,(H,23,27,28). The van der Waals surface area contributed by atoms with E-state index in [-0.39, 0.29) is 35.0 Å². The number of hydrogen-bond acceptors (Lipinski definition) is 5. The molecule has 0 unspecified atom stereocenters. The quantitative estimate of drug-likeness (QED) is 0.616. The number of nitrogens with zero attached hydrogens (tertiary/aromatic N) is 2. The van der Waals surface area contributed by atoms with Crippen LogP contribution in [0.25, 0.3) is 0 Å². The molecule has 1 aromatic carbocycles. The van der Waals surface area contributed by atoms with Gasteiger partial charge in [0.1, 0.15) is 5.82 Å². The van der Waals surface area contributed by atoms with Crippen LogP contribution in [-0.4, -0.2) is 27.8 Å². The minimum absolute atomic E-state index is 0.00388. The topological polar surface area (TPSA) is 101 Å². The summed E-state index contributed by atoms with van der Waals surface area (Å²) in [5, 5.41) is 0.559. The number of amides is 1. The van der Waals surface area contributed by atoms with Crippen molar-refractivity contribution in [2.45, 2.75) is 39.1 Å². The van der Waals surface area contributed by atoms with Crippen LogP contribution >= 0.6 is 23.4 Å². The van der Waals surface area contributed by atoms with Crippen molar-refractivity contribution in [3.05, 3.63) is 50.1 Å². The first kappa shape index (κ1) is 23.1. The molecule has 0 aliphatic carbocycles. The first-order valence-corrected chi connectivity index (χ1v) is 10.8. The van der Waals surface area contributed by atoms with Crippen molar-refractivity contribution >= 4 is 40.8 Å². The third-order valence-electron chi connectivity index (χ3n) is 4.07. The van der Waals surface area contributed by atoms with Crippen LogP contribution in [0.15, 0.2) is 38.8 Å². The lowest BCUT2D eigenvalue weighted by atomic mass is 10.2. The molecular weight excluding hydrogens is 412 g/mol. The number of nitrogens with one attached hydrogen (secondary N) is 1. The van der Waals surface area contributed by atoms with E-state index >= 15 is 0 Å². The molecule has 2 rings (SSSR count). The van der Waals surface area contributed by atoms with Crippen molar-refractivity contribution in [2.75, 3.05) is 22.9 Å². The van der Waals surface area contributed by atoms with E-state index in [9.17, 15) is 14.4 Å². The number of thioether (sulfide) groups is 1. The highest BCUT2D eigenvalue weighted by atomic mass is 35.5. The van der Waals surface area contributed by atoms with Crippen molar-refractivity contribution < 1.29 is 4.79 Å². The lowest BCUT2D eigenvalue weighted by Crippen LogP contribution is -2.43. The summed E-state index contributed by atoms with van der Waals surface area (Å²) in [4.78, 5) is 42.3. The van der Waals surface area contributed by atoms with Crippen LogP contribution in [0.3, 0.4) is 0 Å². The van der Waals surface area contributed by atoms with Crippen molar-refractivity contribution in [3.63, 3.8) is 0 Å². The third kappa shape index (κ3) is 5.90. The van der Waals surface area contributed by atoms with E-state index in [1.807, 2.05) is 45.9 Å². The average Bonchev–Trinajstić information content (AvgIpc) is 2.62. The van der Waals surface area contributed by atoms with Gasteiger partial charge in [0.25, 0.3) is 5.56 Å². The van der Waals surface area contributed by atoms with Crippen LogP contribution in [0.4, 0.5) is 11.5 Å². The van der Waals surface area contributed by atoms with Crippen LogP contribution in [0.5, 0.6) is 0 Å². The number of carbonyl (C=O) groups is 1. The van der Waals surface area contributed by atoms with Gasteiger partial charge in [-0.15, -0.1) is 11.8 Å². The van der Waals surface area contributed by atoms with Gasteiger partial charge in [0.15, 0.2) is 5.69 Å². The minimum Gasteiger partial charge on any atom is -0.383 e. The van der Waals surface area contributed by atoms with Crippen LogP contribution in [0, 0.1) is 11.8 Å². The molecule has 0 radical (unpaired) electrons. The number of benzene rings is 1. The van der Waals surface area contributed by atoms with Gasteiger partial charge in [-0.2, -0.15) is 0 Å². The molecule has 0 saturated heterocycles. The van der Waals surface area contributed by atoms with Gasteiger partial charge in [0.05, 0.1) is 10.8 Å². The van der Waals surface area contributed by atoms with Crippen LogP contribution in [0.2, 0.25) is 5.02 Å². The van der Waals surface area contributed by atoms with Crippen molar-refractivity contribution in [1.82, 2.24) is 9.55 Å². The zero-order valence-corrected chi connectivity index (χ0v) is 18.6. The molecule has 0 aliphatic rings. The van der Waals surface area contributed by atoms with Gasteiger partial charge in [0.2, 0.25) is 5.91 Å². The van der Waals surface area contributed by atoms with Crippen LogP contribution in [0.1, 0.15) is 27.7 Å². The molecule has 9 heteroatoms. The molecule has 0 bridgehead atoms. The summed E-state index contributed by atoms with van der Waals surface area (Å²) in [7, 11) is 0. The minimum atomic E-state index is -0.663. The molecule has 0 aliphatic heterocycles. The highest BCUT2D eigenvalue weighted by Gasteiger charge is 2.25. The largest absolute Gasteiger partial charge is 0.383 e. The number of aromatic nitrogens is 2. The van der Waals surface area contributed by atoms with Gasteiger partial charge in [-0.1, -0.05) is 51.4 Å². The van der Waals surface area contributed by atoms with E-state index in [0.29, 0.717) is 18.1 Å². The summed E-state index contributed by atoms with van der Waals surface area (Å²) < 4.78 is 1.31. The Balaban J connectivity index is 2.41. The summed E-state index contributed by atoms with van der Waals surface area (Å²) in [6.45, 7) is 8.40. The molecule has 3 N–H and O–H groups in total. The van der Waals surface area contributed by atoms with Gasteiger partial charge >= 0.3 is 5.69 Å². The van der Waals surface area contributed by atoms with Gasteiger partial charge in [-0.25, -0.2) is 4.79 Å². The van der Waals surface area contributed by atoms with E-state index in [1.165, 1.54) is 21.2 Å². The normalized spacial score (nSPS) is 11.3. The Kier molecular flexibility index (Phi) is 7.98. The molecule has 0 fully saturated rings. The monoisotopic (exact) mass is 438 g/mol. The Morgan fingerprint density at radius 3 is 2.45 bits per heavy atom. The van der Waals surface area contributed by atoms with E-state index in [2.05, 4.69) is 4.98 Å². The van der Waals surface area contributed by atoms with E-state index in [4.69, 9.17) is 17.3 Å². The fourth-order valence-electron chi connectivity index (χ4n) is 2.85. The number of hydrogen-bond donors (Lipinski definition) is 2. The number of halogens is 1. The molecular formula is C20H27ClN4O3S. The molecule has 7 nitrogen and oxygen atoms in total. The van der Waals surface area contributed by atoms with E-state index in [1.54, 1.807) is 6.07 Å². The lowest BCUT2D eigenvalue weighted by molar-refractivity contribution is -0.116. The second-order valence-corrected chi connectivity index (χ2v) is 9.04. The maximum atomic E-state index is 13.1. The molecule has 158 valence electrons. The predicted molar refractivity (Wildman–Crippen MR) is 120 cm³/mol. The number of nitrogen functional groups attached to an aromatic ring is 1. The number of H-pyrrole nitrogens is 1. The summed E-state index contributed by atoms with van der Waals surface area (Å²) >= 11 is 7.46. The van der Waals surface area contributed by atoms with Crippen molar-refractivity contribution in [1.29, 1.82) is 0 Å². The Morgan fingerprint density at radius 1 is 1.21 bits per heavy atom. The Morgan fingerprint density at radius 2 is 1.86 bits per heavy atom. The van der Waals surface area contributed by atoms with Crippen molar-refractivity contribution in [2.24, 2.45) is 11.8 Å². The Hall–Kier alpha value is -2.19. The Bertz CT molecular complexity index is 984. The van der Waals surface area contributed by atoms with Gasteiger partial charge in [0, 0.05) is 18.0 Å². The zero-order valence-electron chi connectivity index (χ0n) is 17.1. The molecule has 0 atom stereocenters. The summed E-state index contributed by atoms with van der Waals surface area (Å²) in [5.41, 5.74) is 4.98. The number of rotatable bonds is 8. The average molecular weight is 439 g/mol. The third-order valence-corrected chi connectivity index (χ3v) is 5.57. The van der Waals surface area contributed by atoms with Crippen LogP contribution < -0.4 is 21.9 Å². The van der Waals surface area contributed by atoms with Gasteiger partial charge in [-0.05, 0) is 24.0 Å². The number of anilines is 2. The second kappa shape index (κ2) is 10.0. The number of carbonyl (C=O) groups excluding carboxylic acids is 1. The highest BCUT2D eigenvalue weighted by Crippen LogP contribution is 2.28. The Labute approximate surface area is 179 Å². The number of aromatic amines is 1. The molecule has 0 spiro atoms. The molecule has 1 amide bonds. The van der Waals surface area contributed by atoms with Gasteiger partial charge < -0.3 is 10.6 Å². The van der Waals surface area contributed by atoms with E-state index in [0.717, 1.165) is 4.90 Å². The maximum absolute atomic E-state index is 13.1. The molecule has 29 heavy (non-hydrogen) atoms. The highest BCUT2D eigenvalue weighted by molar-refractivity contribution is 8.00. The fraction of sp³-hybridized carbons (Fsp3) is 0.450. The van der Waals surface area contributed by atoms with Gasteiger partial charge in [-0.3, -0.25) is 19.1 Å². The zero-order chi connectivity index (χ0) is 21.7. The van der Waals surface area contributed by atoms with Crippen molar-refractivity contribution in [3.8, 4) is 0 Å². The van der Waals surface area contributed by atoms with Crippen LogP contribution in [-0.2, 0) is 11.3 Å². The smallest absolute Gasteiger partial charge is 0.330 e. The first-order valence-electron chi connectivity index (χ1n) is 9.42. The summed E-state index contributed by atoms with van der Waals surface area (Å²) in [6, 6.07) is 7.24. The molecule has 1 heterocycles. The first-order chi connectivity index (χ1) is 13.6. The molecule has 1 aromatic heterocycles. The lowest BCUT2D eigenvalue weighted by Gasteiger charge is -2.26.